The summed E-state index contributed by atoms with van der Waals surface area (Å²) in [6.07, 6.45) is 1.08. The van der Waals surface area contributed by atoms with Gasteiger partial charge in [-0.25, -0.2) is 24.0 Å². The number of amides is 8. The van der Waals surface area contributed by atoms with Gasteiger partial charge in [0.15, 0.2) is 39.6 Å². The van der Waals surface area contributed by atoms with Crippen LogP contribution in [0.1, 0.15) is 97.6 Å². The van der Waals surface area contributed by atoms with Crippen molar-refractivity contribution in [1.29, 1.82) is 0 Å². The second-order valence-corrected chi connectivity index (χ2v) is 39.3. The van der Waals surface area contributed by atoms with E-state index in [1.807, 2.05) is 90.1 Å². The standard InChI is InChI=1S/2C22H24Cl2N2O3.C18H25ClN2O4.C13H17ClN2O2.C10H20N2O2.2C8H7ClO3.C2HF3O2/c2*23-18-4-1-16(2-5-18)3-10-21(27)25-12-11-17-13-26(14-17)22(28)15-29-20-8-6-19(24)7-9-20;1-18(2,3)25-17(23)20-9-8-13-10-21(11-13)16(22)12-24-15-6-4-14(19)5-7-15;14-11-1-3-12(4-2-11)18-9-13(17)16-7-10(8-16)5-6-15;1-10(2,3)14-9(13)12-5-4-8-6-11-7-8;2*9-6-1-3-7(4-2-6)12-5-8(10)11;3-2(4,5)1(6)7/h2*1-2,4-9,17H,3,10-15H2,(H,25,27);4-7,13H,8-12H2,1-3H3,(H,20,23);1-4,10H,5-9,15H2;8,11H,4-7H2,1-3H3,(H,12,13);2*1-4H,5H2,(H,10,11);(H,6,7). The molecule has 13 rings (SSSR count). The highest BCUT2D eigenvalue weighted by atomic mass is 35.5. The lowest BCUT2D eigenvalue weighted by molar-refractivity contribution is -0.192. The number of rotatable bonds is 38. The largest absolute Gasteiger partial charge is 0.490 e. The fourth-order valence-corrected chi connectivity index (χ4v) is 14.3. The van der Waals surface area contributed by atoms with Crippen molar-refractivity contribution in [2.75, 3.05) is 138 Å². The minimum atomic E-state index is -5.08. The number of nitrogens with one attached hydrogen (secondary N) is 5. The third-order valence-electron chi connectivity index (χ3n) is 21.3. The number of carbonyl (C=O) groups is 11. The van der Waals surface area contributed by atoms with E-state index in [9.17, 15) is 61.1 Å². The van der Waals surface area contributed by atoms with Crippen molar-refractivity contribution in [2.24, 2.45) is 35.3 Å². The number of benzene rings is 8. The summed E-state index contributed by atoms with van der Waals surface area (Å²) in [5, 5.41) is 43.4. The van der Waals surface area contributed by atoms with Gasteiger partial charge in [0.05, 0.1) is 0 Å². The SMILES string of the molecule is CC(C)(C)OC(=O)NCCC1CN(C(=O)COc2ccc(Cl)cc2)C1.CC(C)(C)OC(=O)NCCC1CNC1.NCCC1CN(C(=O)COc2ccc(Cl)cc2)C1.O=C(CCc1ccc(Cl)cc1)NCCC1CN(C(=O)COc2ccc(Cl)cc2)C1.O=C(CCc1ccc(Cl)cc1)NCCC1CN(C(=O)COc2ccc(Cl)cc2)C1.O=C(O)C(F)(F)F.O=C(O)COc1ccc(Cl)cc1.O=C(O)COc1ccc(Cl)cc1. The van der Waals surface area contributed by atoms with Crippen molar-refractivity contribution < 1.29 is 119 Å². The van der Waals surface area contributed by atoms with Crippen molar-refractivity contribution in [3.8, 4) is 34.5 Å². The van der Waals surface area contributed by atoms with Gasteiger partial charge in [0.2, 0.25) is 11.8 Å². The van der Waals surface area contributed by atoms with Crippen molar-refractivity contribution in [2.45, 2.75) is 117 Å². The molecule has 796 valence electrons. The molecular formula is C103H125Cl8F3N10O22. The lowest BCUT2D eigenvalue weighted by atomic mass is 9.96. The Labute approximate surface area is 887 Å². The number of nitrogens with two attached hydrogens (primary N) is 1. The lowest BCUT2D eigenvalue weighted by Gasteiger charge is -2.39. The molecule has 0 aromatic heterocycles. The first-order valence-electron chi connectivity index (χ1n) is 46.7. The van der Waals surface area contributed by atoms with Gasteiger partial charge in [0.1, 0.15) is 45.7 Å². The Bertz CT molecular complexity index is 5120. The molecule has 5 fully saturated rings. The summed E-state index contributed by atoms with van der Waals surface area (Å²) in [4.78, 5) is 131. The summed E-state index contributed by atoms with van der Waals surface area (Å²) >= 11 is 46.1. The van der Waals surface area contributed by atoms with Gasteiger partial charge in [-0.3, -0.25) is 28.8 Å². The van der Waals surface area contributed by atoms with Crippen LogP contribution >= 0.6 is 92.8 Å². The molecule has 8 aromatic carbocycles. The molecule has 0 bridgehead atoms. The maximum Gasteiger partial charge on any atom is 0.490 e. The zero-order chi connectivity index (χ0) is 107. The highest BCUT2D eigenvalue weighted by Crippen LogP contribution is 2.28. The number of alkyl carbamates (subject to hydrolysis) is 2. The fraction of sp³-hybridized carbons (Fsp3) is 0.427. The molecule has 0 radical (unpaired) electrons. The first-order valence-corrected chi connectivity index (χ1v) is 49.7. The number of hydrogen-bond donors (Lipinski definition) is 9. The third-order valence-corrected chi connectivity index (χ3v) is 23.3. The number of aliphatic carboxylic acids is 3. The van der Waals surface area contributed by atoms with Crippen LogP contribution < -0.4 is 60.7 Å². The summed E-state index contributed by atoms with van der Waals surface area (Å²) in [7, 11) is 0. The number of carboxylic acids is 3. The summed E-state index contributed by atoms with van der Waals surface area (Å²) in [6, 6.07) is 55.9. The van der Waals surface area contributed by atoms with Crippen molar-refractivity contribution in [3.63, 3.8) is 0 Å². The molecule has 0 saturated carbocycles. The Kier molecular flexibility index (Phi) is 54.9. The van der Waals surface area contributed by atoms with E-state index in [2.05, 4.69) is 26.6 Å². The molecule has 0 atom stereocenters. The summed E-state index contributed by atoms with van der Waals surface area (Å²) in [6.45, 7) is 21.8. The monoisotopic (exact) mass is 2190 g/mol. The summed E-state index contributed by atoms with van der Waals surface area (Å²) in [5.74, 6) is 1.35. The second-order valence-electron chi connectivity index (χ2n) is 35.8. The van der Waals surface area contributed by atoms with Crippen LogP contribution in [0, 0.1) is 29.6 Å². The van der Waals surface area contributed by atoms with Crippen LogP contribution in [0.25, 0.3) is 0 Å². The maximum absolute atomic E-state index is 12.1. The number of carbonyl (C=O) groups excluding carboxylic acids is 8. The average Bonchev–Trinajstić information content (AvgIpc) is 0.848. The molecule has 32 nitrogen and oxygen atoms in total. The predicted molar refractivity (Wildman–Crippen MR) is 553 cm³/mol. The highest BCUT2D eigenvalue weighted by molar-refractivity contribution is 6.32. The van der Waals surface area contributed by atoms with E-state index in [-0.39, 0.29) is 81.2 Å². The van der Waals surface area contributed by atoms with Gasteiger partial charge in [-0.2, -0.15) is 13.2 Å². The molecule has 0 spiro atoms. The van der Waals surface area contributed by atoms with Gasteiger partial charge in [-0.15, -0.1) is 0 Å². The fourth-order valence-electron chi connectivity index (χ4n) is 13.2. The molecule has 146 heavy (non-hydrogen) atoms. The van der Waals surface area contributed by atoms with E-state index in [1.165, 1.54) is 0 Å². The van der Waals surface area contributed by atoms with E-state index in [0.717, 1.165) is 75.3 Å². The molecule has 5 aliphatic heterocycles. The Morgan fingerprint density at radius 1 is 0.329 bits per heavy atom. The third kappa shape index (κ3) is 54.2. The molecule has 0 unspecified atom stereocenters. The number of ether oxygens (including phenoxy) is 8. The molecule has 43 heteroatoms. The molecule has 10 N–H and O–H groups in total. The van der Waals surface area contributed by atoms with Crippen LogP contribution in [0.2, 0.25) is 40.2 Å². The Morgan fingerprint density at radius 3 is 0.733 bits per heavy atom. The number of nitrogens with zero attached hydrogens (tertiary/aromatic N) is 4. The van der Waals surface area contributed by atoms with Crippen LogP contribution in [0.4, 0.5) is 22.8 Å². The smallest absolute Gasteiger partial charge is 0.484 e. The Balaban J connectivity index is 0.000000264. The second kappa shape index (κ2) is 65.2. The van der Waals surface area contributed by atoms with Gasteiger partial charge in [0, 0.05) is 132 Å². The van der Waals surface area contributed by atoms with E-state index >= 15 is 0 Å². The van der Waals surface area contributed by atoms with Gasteiger partial charge in [-0.1, -0.05) is 117 Å². The van der Waals surface area contributed by atoms with E-state index in [4.69, 9.17) is 157 Å². The first kappa shape index (κ1) is 123. The average molecular weight is 2200 g/mol. The van der Waals surface area contributed by atoms with E-state index < -0.39 is 41.4 Å². The lowest BCUT2D eigenvalue weighted by Crippen LogP contribution is -2.52. The minimum Gasteiger partial charge on any atom is -0.484 e. The topological polar surface area (TPSA) is 421 Å². The van der Waals surface area contributed by atoms with Crippen LogP contribution in [-0.4, -0.2) is 256 Å². The van der Waals surface area contributed by atoms with Gasteiger partial charge >= 0.3 is 36.3 Å². The van der Waals surface area contributed by atoms with E-state index in [0.29, 0.717) is 196 Å². The molecule has 5 aliphatic rings. The van der Waals surface area contributed by atoms with Crippen LogP contribution in [0.5, 0.6) is 34.5 Å². The number of likely N-dealkylation sites (tertiary alicyclic amines) is 4. The zero-order valence-corrected chi connectivity index (χ0v) is 87.7. The number of alkyl halides is 3. The van der Waals surface area contributed by atoms with Crippen LogP contribution in [0.15, 0.2) is 194 Å². The zero-order valence-electron chi connectivity index (χ0n) is 81.7. The molecule has 5 saturated heterocycles. The number of carboxylic acid groups (broad SMARTS) is 3. The number of halogens is 11. The quantitative estimate of drug-likeness (QED) is 0.0173. The van der Waals surface area contributed by atoms with Crippen molar-refractivity contribution in [1.82, 2.24) is 46.2 Å². The molecule has 0 aliphatic carbocycles. The molecule has 8 amide bonds. The summed E-state index contributed by atoms with van der Waals surface area (Å²) < 4.78 is 73.6. The first-order chi connectivity index (χ1) is 69.2. The van der Waals surface area contributed by atoms with Crippen molar-refractivity contribution in [3.05, 3.63) is 245 Å². The normalized spacial score (nSPS) is 13.6. The minimum absolute atomic E-state index is 0.0184. The number of aryl methyl sites for hydroxylation is 2. The predicted octanol–water partition coefficient (Wildman–Crippen LogP) is 17.9. The maximum atomic E-state index is 12.1. The Hall–Kier alpha value is -11.6. The van der Waals surface area contributed by atoms with Crippen LogP contribution in [0.3, 0.4) is 0 Å². The van der Waals surface area contributed by atoms with Crippen LogP contribution in [-0.2, 0) is 65.5 Å². The summed E-state index contributed by atoms with van der Waals surface area (Å²) in [5.41, 5.74) is 6.77. The Morgan fingerprint density at radius 2 is 0.534 bits per heavy atom. The van der Waals surface area contributed by atoms with E-state index in [1.54, 1.807) is 165 Å². The highest BCUT2D eigenvalue weighted by Gasteiger charge is 2.39. The van der Waals surface area contributed by atoms with Gasteiger partial charge < -0.3 is 105 Å². The van der Waals surface area contributed by atoms with Crippen molar-refractivity contribution >= 4 is 158 Å². The van der Waals surface area contributed by atoms with Gasteiger partial charge in [-0.05, 0) is 317 Å². The number of hydrogen-bond acceptors (Lipinski definition) is 21. The van der Waals surface area contributed by atoms with Gasteiger partial charge in [0.25, 0.3) is 23.6 Å². The molecule has 5 heterocycles. The molecule has 8 aromatic rings. The molecular weight excluding hydrogens is 2070 g/mol.